The minimum Gasteiger partial charge on any atom is -0.461 e. The zero-order chi connectivity index (χ0) is 47.9. The van der Waals surface area contributed by atoms with Crippen LogP contribution in [-0.4, -0.2) is 159 Å². The number of sulfonamides is 2. The number of primary amides is 1. The van der Waals surface area contributed by atoms with Gasteiger partial charge in [-0.3, -0.25) is 14.4 Å². The molecule has 0 unspecified atom stereocenters. The third-order valence-electron chi connectivity index (χ3n) is 11.7. The predicted octanol–water partition coefficient (Wildman–Crippen LogP) is 0.181. The quantitative estimate of drug-likeness (QED) is 0.165. The molecular formula is C45H53N9O11S2. The number of carbonyl (C=O) groups excluding carboxylic acids is 4. The lowest BCUT2D eigenvalue weighted by Crippen LogP contribution is -2.37. The van der Waals surface area contributed by atoms with E-state index in [1.165, 1.54) is 18.4 Å². The zero-order valence-corrected chi connectivity index (χ0v) is 38.6. The van der Waals surface area contributed by atoms with Crippen LogP contribution in [0.15, 0.2) is 48.5 Å². The van der Waals surface area contributed by atoms with Gasteiger partial charge in [0, 0.05) is 101 Å². The fourth-order valence-electron chi connectivity index (χ4n) is 8.06. The number of amides is 3. The van der Waals surface area contributed by atoms with E-state index in [-0.39, 0.29) is 64.4 Å². The summed E-state index contributed by atoms with van der Waals surface area (Å²) in [6.07, 6.45) is 3.46. The number of likely N-dealkylation sites (N-methyl/N-ethyl adjacent to an activating group) is 2. The first-order valence-corrected chi connectivity index (χ1v) is 24.5. The second kappa shape index (κ2) is 19.1. The van der Waals surface area contributed by atoms with Gasteiger partial charge in [-0.25, -0.2) is 31.0 Å². The fourth-order valence-corrected chi connectivity index (χ4v) is 9.64. The maximum absolute atomic E-state index is 12.6. The molecule has 2 saturated heterocycles. The number of esters is 1. The zero-order valence-electron chi connectivity index (χ0n) is 36.9. The number of likely N-dealkylation sites (tertiary alicyclic amines) is 2. The summed E-state index contributed by atoms with van der Waals surface area (Å²) in [5, 5.41) is 29.9. The van der Waals surface area contributed by atoms with Crippen molar-refractivity contribution < 1.29 is 51.0 Å². The number of rotatable bonds is 7. The Bertz CT molecular complexity index is 3020. The molecule has 22 heteroatoms. The Balaban J connectivity index is 0.000000218. The number of hydrogen-bond donors (Lipinski definition) is 3. The third kappa shape index (κ3) is 10.3. The smallest absolute Gasteiger partial charge is 0.359 e. The van der Waals surface area contributed by atoms with Crippen molar-refractivity contribution in [1.29, 1.82) is 0 Å². The van der Waals surface area contributed by atoms with Crippen molar-refractivity contribution in [3.63, 3.8) is 0 Å². The monoisotopic (exact) mass is 959 g/mol. The topological polar surface area (TPSA) is 261 Å². The van der Waals surface area contributed by atoms with Crippen LogP contribution in [0.5, 0.6) is 0 Å². The van der Waals surface area contributed by atoms with E-state index in [1.54, 1.807) is 78.9 Å². The Morgan fingerprint density at radius 1 is 0.731 bits per heavy atom. The number of aromatic nitrogens is 4. The summed E-state index contributed by atoms with van der Waals surface area (Å²) in [4.78, 5) is 51.7. The lowest BCUT2D eigenvalue weighted by atomic mass is 10.0. The molecule has 4 aromatic rings. The molecule has 4 aliphatic heterocycles. The molecule has 20 nitrogen and oxygen atoms in total. The Morgan fingerprint density at radius 2 is 1.15 bits per heavy atom. The van der Waals surface area contributed by atoms with Crippen LogP contribution in [0.4, 0.5) is 0 Å². The van der Waals surface area contributed by atoms with E-state index in [4.69, 9.17) is 10.5 Å². The minimum absolute atomic E-state index is 0. The Hall–Kier alpha value is -6.40. The number of aliphatic hydroxyl groups is 2. The van der Waals surface area contributed by atoms with E-state index in [0.29, 0.717) is 65.3 Å². The van der Waals surface area contributed by atoms with Gasteiger partial charge in [-0.1, -0.05) is 43.2 Å². The number of nitrogens with two attached hydrogens (primary N) is 1. The van der Waals surface area contributed by atoms with Crippen molar-refractivity contribution >= 4 is 43.7 Å². The lowest BCUT2D eigenvalue weighted by molar-refractivity contribution is -0.138. The average Bonchev–Trinajstić information content (AvgIpc) is 4.00. The highest BCUT2D eigenvalue weighted by molar-refractivity contribution is 7.88. The van der Waals surface area contributed by atoms with Crippen LogP contribution >= 0.6 is 0 Å². The van der Waals surface area contributed by atoms with Crippen molar-refractivity contribution in [3.05, 3.63) is 93.6 Å². The Morgan fingerprint density at radius 3 is 1.52 bits per heavy atom. The van der Waals surface area contributed by atoms with Crippen molar-refractivity contribution in [2.24, 2.45) is 5.73 Å². The molecule has 67 heavy (non-hydrogen) atoms. The van der Waals surface area contributed by atoms with E-state index in [2.05, 4.69) is 33.9 Å². The highest BCUT2D eigenvalue weighted by Crippen LogP contribution is 2.30. The van der Waals surface area contributed by atoms with E-state index in [0.717, 1.165) is 18.2 Å². The summed E-state index contributed by atoms with van der Waals surface area (Å²) in [6.45, 7) is 3.30. The van der Waals surface area contributed by atoms with Crippen molar-refractivity contribution in [2.75, 3.05) is 59.4 Å². The first-order chi connectivity index (χ1) is 31.0. The molecule has 2 aromatic carbocycles. The molecule has 2 aromatic heterocycles. The first kappa shape index (κ1) is 50.0. The molecule has 0 saturated carbocycles. The normalized spacial score (nSPS) is 20.6. The van der Waals surface area contributed by atoms with Gasteiger partial charge in [0.25, 0.3) is 17.7 Å². The van der Waals surface area contributed by atoms with Crippen molar-refractivity contribution in [3.8, 4) is 35.1 Å². The highest BCUT2D eigenvalue weighted by atomic mass is 32.2. The molecular weight excluding hydrogens is 907 g/mol. The highest BCUT2D eigenvalue weighted by Gasteiger charge is 2.43. The number of benzene rings is 2. The summed E-state index contributed by atoms with van der Waals surface area (Å²) in [5.41, 5.74) is 6.96. The molecule has 356 valence electrons. The average molecular weight is 960 g/mol. The summed E-state index contributed by atoms with van der Waals surface area (Å²) >= 11 is 0. The first-order valence-electron chi connectivity index (χ1n) is 20.8. The van der Waals surface area contributed by atoms with Crippen LogP contribution in [0.2, 0.25) is 0 Å². The van der Waals surface area contributed by atoms with E-state index in [1.807, 2.05) is 0 Å². The molecule has 0 radical (unpaired) electrons. The van der Waals surface area contributed by atoms with Gasteiger partial charge in [-0.05, 0) is 43.3 Å². The van der Waals surface area contributed by atoms with Gasteiger partial charge in [0.05, 0.1) is 41.9 Å². The minimum atomic E-state index is -3.44. The summed E-state index contributed by atoms with van der Waals surface area (Å²) < 4.78 is 59.0. The molecule has 6 heterocycles. The van der Waals surface area contributed by atoms with Crippen LogP contribution < -0.4 is 5.73 Å². The number of hydrogen-bond acceptors (Lipinski definition) is 13. The van der Waals surface area contributed by atoms with E-state index < -0.39 is 54.9 Å². The van der Waals surface area contributed by atoms with E-state index in [9.17, 15) is 46.2 Å². The van der Waals surface area contributed by atoms with Crippen LogP contribution in [0.1, 0.15) is 81.8 Å². The van der Waals surface area contributed by atoms with Gasteiger partial charge in [-0.2, -0.15) is 18.8 Å². The molecule has 2 fully saturated rings. The third-order valence-corrected chi connectivity index (χ3v) is 14.2. The maximum atomic E-state index is 12.6. The van der Waals surface area contributed by atoms with Crippen LogP contribution in [0.3, 0.4) is 0 Å². The van der Waals surface area contributed by atoms with Crippen LogP contribution in [0.25, 0.3) is 11.4 Å². The molecule has 0 aliphatic carbocycles. The molecule has 3 amide bonds. The summed E-state index contributed by atoms with van der Waals surface area (Å²) in [6, 6.07) is 14.0. The summed E-state index contributed by atoms with van der Waals surface area (Å²) in [5.74, 6) is 8.90. The van der Waals surface area contributed by atoms with Crippen molar-refractivity contribution in [1.82, 2.24) is 38.0 Å². The maximum Gasteiger partial charge on any atom is 0.359 e. The number of nitrogens with zero attached hydrogens (tertiary/aromatic N) is 8. The Labute approximate surface area is 389 Å². The predicted molar refractivity (Wildman–Crippen MR) is 244 cm³/mol. The van der Waals surface area contributed by atoms with Gasteiger partial charge < -0.3 is 30.5 Å². The summed E-state index contributed by atoms with van der Waals surface area (Å²) in [7, 11) is -3.64. The largest absolute Gasteiger partial charge is 0.461 e. The molecule has 0 bridgehead atoms. The number of carbonyl (C=O) groups is 4. The number of ether oxygens (including phenoxy) is 1. The standard InChI is InChI=1S/C23H26N4O6S.C21H23N5O5S.CH4/c1-4-33-21(28)20-18-15-26(34(3,31)32)12-9-19(18)27(24-20)17-7-5-6-16(14-17)8-10-23(30)11-13-25(2)22(23)29;1-24-11-9-21(29,20(24)28)8-6-14-4-3-5-15(12-14)26-17-7-10-25(32(2,30)31)13-16(17)18(23-26)19(22)27;/h5-7,14,30H,4,9,11-13,15H2,1-3H3;3-5,12,29H,7,9-11,13H2,1-2H3,(H2,22,27);1H4/t23-;21-;/m00./s1. The van der Waals surface area contributed by atoms with E-state index >= 15 is 0 Å². The van der Waals surface area contributed by atoms with Gasteiger partial charge >= 0.3 is 5.97 Å². The molecule has 4 N–H and O–H groups in total. The van der Waals surface area contributed by atoms with Gasteiger partial charge in [-0.15, -0.1) is 0 Å². The van der Waals surface area contributed by atoms with Gasteiger partial charge in [0.2, 0.25) is 31.2 Å². The molecule has 4 aliphatic rings. The SMILES string of the molecule is C.CCOC(=O)c1nn(-c2cccc(C#C[C@]3(O)CCN(C)C3=O)c2)c2c1CN(S(C)(=O)=O)CC2.CN1CC[C@@](O)(C#Cc2cccc(-n3nc(C(N)=O)c4c3CCN(S(C)(=O)=O)C4)c2)C1=O. The van der Waals surface area contributed by atoms with Crippen molar-refractivity contribution in [2.45, 2.75) is 64.3 Å². The fraction of sp³-hybridized carbons (Fsp3) is 0.422. The van der Waals surface area contributed by atoms with Gasteiger partial charge in [0.1, 0.15) is 0 Å². The lowest BCUT2D eigenvalue weighted by Gasteiger charge is -2.25. The molecule has 2 atom stereocenters. The Kier molecular flexibility index (Phi) is 14.2. The molecule has 8 rings (SSSR count). The van der Waals surface area contributed by atoms with Crippen LogP contribution in [-0.2, 0) is 60.3 Å². The second-order valence-corrected chi connectivity index (χ2v) is 20.4. The molecule has 0 spiro atoms. The van der Waals surface area contributed by atoms with Crippen LogP contribution in [0, 0.1) is 23.7 Å². The second-order valence-electron chi connectivity index (χ2n) is 16.4. The van der Waals surface area contributed by atoms with Gasteiger partial charge in [0.15, 0.2) is 11.4 Å². The number of fused-ring (bicyclic) bond motifs is 2.